The van der Waals surface area contributed by atoms with E-state index in [0.29, 0.717) is 30.8 Å². The van der Waals surface area contributed by atoms with Crippen molar-refractivity contribution in [1.82, 2.24) is 14.3 Å². The first-order valence-electron chi connectivity index (χ1n) is 9.31. The van der Waals surface area contributed by atoms with Crippen molar-refractivity contribution in [3.8, 4) is 12.3 Å². The van der Waals surface area contributed by atoms with Gasteiger partial charge in [-0.2, -0.15) is 4.72 Å². The Balaban J connectivity index is 0.000000461. The van der Waals surface area contributed by atoms with Crippen LogP contribution in [0.15, 0.2) is 45.3 Å². The minimum atomic E-state index is -3.84. The molecule has 4 rings (SSSR count). The molecule has 1 amide bonds. The van der Waals surface area contributed by atoms with Crippen molar-refractivity contribution >= 4 is 26.8 Å². The summed E-state index contributed by atoms with van der Waals surface area (Å²) in [6.45, 7) is 3.61. The molecule has 0 aliphatic heterocycles. The Kier molecular flexibility index (Phi) is 5.70. The highest BCUT2D eigenvalue weighted by Crippen LogP contribution is 2.36. The summed E-state index contributed by atoms with van der Waals surface area (Å²) in [6, 6.07) is 4.21. The normalized spacial score (nSPS) is 16.8. The van der Waals surface area contributed by atoms with Gasteiger partial charge in [0, 0.05) is 6.54 Å². The highest BCUT2D eigenvalue weighted by molar-refractivity contribution is 7.89. The van der Waals surface area contributed by atoms with Gasteiger partial charge in [0.1, 0.15) is 0 Å². The van der Waals surface area contributed by atoms with Crippen LogP contribution in [0.4, 0.5) is 0 Å². The van der Waals surface area contributed by atoms with Gasteiger partial charge in [-0.1, -0.05) is 12.5 Å². The lowest BCUT2D eigenvalue weighted by Crippen LogP contribution is -2.36. The van der Waals surface area contributed by atoms with E-state index in [1.165, 1.54) is 22.8 Å². The quantitative estimate of drug-likeness (QED) is 0.443. The van der Waals surface area contributed by atoms with Crippen LogP contribution >= 0.6 is 0 Å². The summed E-state index contributed by atoms with van der Waals surface area (Å²) in [6.07, 6.45) is 9.74. The fourth-order valence-corrected chi connectivity index (χ4v) is 4.31. The maximum atomic E-state index is 12.6. The molecular formula is C20H22N4O5S. The van der Waals surface area contributed by atoms with Crippen molar-refractivity contribution in [2.75, 3.05) is 0 Å². The number of nitrogens with two attached hydrogens (primary N) is 1. The third-order valence-corrected chi connectivity index (χ3v) is 6.51. The number of rotatable bonds is 6. The van der Waals surface area contributed by atoms with Gasteiger partial charge in [0.05, 0.1) is 21.3 Å². The topological polar surface area (TPSA) is 144 Å². The number of benzene rings is 1. The molecule has 158 valence electrons. The molecule has 1 heterocycles. The Labute approximate surface area is 173 Å². The second-order valence-electron chi connectivity index (χ2n) is 7.43. The third kappa shape index (κ3) is 4.69. The Morgan fingerprint density at radius 1 is 1.40 bits per heavy atom. The lowest BCUT2D eigenvalue weighted by Gasteiger charge is -2.13. The first-order chi connectivity index (χ1) is 14.1. The Morgan fingerprint density at radius 2 is 2.03 bits per heavy atom. The number of carbonyl (C=O) groups is 1. The molecule has 0 saturated heterocycles. The maximum absolute atomic E-state index is 12.6. The van der Waals surface area contributed by atoms with E-state index < -0.39 is 32.7 Å². The number of hydrogen-bond acceptors (Lipinski definition) is 5. The molecule has 2 saturated carbocycles. The van der Waals surface area contributed by atoms with Gasteiger partial charge in [-0.05, 0) is 55.9 Å². The van der Waals surface area contributed by atoms with E-state index in [2.05, 4.69) is 27.9 Å². The number of sulfonamides is 1. The fourth-order valence-electron chi connectivity index (χ4n) is 2.90. The summed E-state index contributed by atoms with van der Waals surface area (Å²) >= 11 is 0. The molecule has 10 heteroatoms. The zero-order valence-electron chi connectivity index (χ0n) is 16.2. The molecule has 0 spiro atoms. The van der Waals surface area contributed by atoms with Crippen LogP contribution in [-0.2, 0) is 21.4 Å². The molecule has 30 heavy (non-hydrogen) atoms. The average molecular weight is 430 g/mol. The second-order valence-corrected chi connectivity index (χ2v) is 9.11. The Bertz CT molecular complexity index is 1270. The number of aromatic nitrogens is 2. The van der Waals surface area contributed by atoms with Gasteiger partial charge in [0.15, 0.2) is 0 Å². The molecule has 0 atom stereocenters. The number of aromatic amines is 1. The summed E-state index contributed by atoms with van der Waals surface area (Å²) in [4.78, 5) is 36.0. The van der Waals surface area contributed by atoms with Crippen molar-refractivity contribution in [1.29, 1.82) is 0 Å². The van der Waals surface area contributed by atoms with Crippen LogP contribution in [0.2, 0.25) is 0 Å². The van der Waals surface area contributed by atoms with Crippen molar-refractivity contribution in [3.05, 3.63) is 51.7 Å². The highest BCUT2D eigenvalue weighted by Gasteiger charge is 2.44. The monoisotopic (exact) mass is 430 g/mol. The van der Waals surface area contributed by atoms with Gasteiger partial charge in [-0.15, -0.1) is 6.42 Å². The summed E-state index contributed by atoms with van der Waals surface area (Å²) in [5.41, 5.74) is 3.10. The van der Waals surface area contributed by atoms with Crippen molar-refractivity contribution < 1.29 is 13.2 Å². The zero-order valence-corrected chi connectivity index (χ0v) is 17.0. The smallest absolute Gasteiger partial charge is 0.328 e. The van der Waals surface area contributed by atoms with Crippen LogP contribution in [0, 0.1) is 18.3 Å². The van der Waals surface area contributed by atoms with Gasteiger partial charge in [0.2, 0.25) is 15.9 Å². The van der Waals surface area contributed by atoms with Gasteiger partial charge in [-0.3, -0.25) is 19.1 Å². The van der Waals surface area contributed by atoms with Crippen LogP contribution < -0.4 is 21.7 Å². The van der Waals surface area contributed by atoms with Gasteiger partial charge in [0.25, 0.3) is 5.56 Å². The SMILES string of the molecule is C#CC1(NS(=O)(=O)c2ccc3c(c2)c(=O)[nH]c(=O)n3CC2CC2)CC1.C=CC(N)=O. The molecule has 9 nitrogen and oxygen atoms in total. The molecule has 1 aromatic carbocycles. The molecule has 2 aromatic rings. The number of H-pyrrole nitrogens is 1. The second kappa shape index (κ2) is 7.93. The summed E-state index contributed by atoms with van der Waals surface area (Å²) < 4.78 is 29.1. The number of carbonyl (C=O) groups excluding carboxylic acids is 1. The molecule has 4 N–H and O–H groups in total. The zero-order chi connectivity index (χ0) is 22.1. The van der Waals surface area contributed by atoms with E-state index in [-0.39, 0.29) is 10.3 Å². The predicted molar refractivity (Wildman–Crippen MR) is 112 cm³/mol. The van der Waals surface area contributed by atoms with Crippen LogP contribution in [-0.4, -0.2) is 29.4 Å². The van der Waals surface area contributed by atoms with Crippen LogP contribution in [0.3, 0.4) is 0 Å². The highest BCUT2D eigenvalue weighted by atomic mass is 32.2. The molecule has 2 aliphatic rings. The first kappa shape index (κ1) is 21.5. The fraction of sp³-hybridized carbons (Fsp3) is 0.350. The Morgan fingerprint density at radius 3 is 2.53 bits per heavy atom. The van der Waals surface area contributed by atoms with E-state index >= 15 is 0 Å². The lowest BCUT2D eigenvalue weighted by atomic mass is 10.2. The summed E-state index contributed by atoms with van der Waals surface area (Å²) in [7, 11) is -3.84. The van der Waals surface area contributed by atoms with Gasteiger partial charge < -0.3 is 5.73 Å². The van der Waals surface area contributed by atoms with E-state index in [1.807, 2.05) is 0 Å². The lowest BCUT2D eigenvalue weighted by molar-refractivity contribution is -0.113. The number of primary amides is 1. The largest absolute Gasteiger partial charge is 0.366 e. The predicted octanol–water partition coefficient (Wildman–Crippen LogP) is 0.202. The van der Waals surface area contributed by atoms with Crippen LogP contribution in [0.25, 0.3) is 10.9 Å². The van der Waals surface area contributed by atoms with E-state index in [0.717, 1.165) is 18.9 Å². The van der Waals surface area contributed by atoms with E-state index in [1.54, 1.807) is 0 Å². The van der Waals surface area contributed by atoms with Crippen molar-refractivity contribution in [3.63, 3.8) is 0 Å². The number of terminal acetylenes is 1. The number of amides is 1. The molecule has 0 bridgehead atoms. The maximum Gasteiger partial charge on any atom is 0.328 e. The van der Waals surface area contributed by atoms with Crippen molar-refractivity contribution in [2.45, 2.75) is 42.7 Å². The summed E-state index contributed by atoms with van der Waals surface area (Å²) in [5, 5.41) is 0.175. The first-order valence-corrected chi connectivity index (χ1v) is 10.8. The molecule has 0 radical (unpaired) electrons. The standard InChI is InChI=1S/C17H17N3O4S.C3H5NO/c1-2-17(7-8-17)19-25(23,24)12-5-6-14-13(9-12)15(21)18-16(22)20(14)10-11-3-4-11;1-2-3(4)5/h1,5-6,9,11,19H,3-4,7-8,10H2,(H,18,21,22);2H,1H2,(H2,4,5). The number of nitrogens with one attached hydrogen (secondary N) is 2. The minimum Gasteiger partial charge on any atom is -0.366 e. The summed E-state index contributed by atoms with van der Waals surface area (Å²) in [5.74, 6) is 2.42. The van der Waals surface area contributed by atoms with Gasteiger partial charge >= 0.3 is 5.69 Å². The molecule has 2 fully saturated rings. The average Bonchev–Trinajstić information content (AvgIpc) is 3.62. The Hall–Kier alpha value is -3.16. The van der Waals surface area contributed by atoms with Gasteiger partial charge in [-0.25, -0.2) is 13.2 Å². The van der Waals surface area contributed by atoms with Crippen molar-refractivity contribution in [2.24, 2.45) is 11.7 Å². The molecule has 0 unspecified atom stereocenters. The van der Waals surface area contributed by atoms with Crippen LogP contribution in [0.5, 0.6) is 0 Å². The van der Waals surface area contributed by atoms with E-state index in [4.69, 9.17) is 6.42 Å². The number of fused-ring (bicyclic) bond motifs is 1. The number of nitrogens with zero attached hydrogens (tertiary/aromatic N) is 1. The minimum absolute atomic E-state index is 0.0383. The number of hydrogen-bond donors (Lipinski definition) is 3. The molecular weight excluding hydrogens is 408 g/mol. The third-order valence-electron chi connectivity index (χ3n) is 4.97. The molecule has 2 aliphatic carbocycles. The van der Waals surface area contributed by atoms with Crippen LogP contribution in [0.1, 0.15) is 25.7 Å². The van der Waals surface area contributed by atoms with E-state index in [9.17, 15) is 22.8 Å². The molecule has 1 aromatic heterocycles.